The number of hydrogen-bond donors (Lipinski definition) is 1. The highest BCUT2D eigenvalue weighted by atomic mass is 32.1. The first-order chi connectivity index (χ1) is 10.5. The molecule has 0 bridgehead atoms. The summed E-state index contributed by atoms with van der Waals surface area (Å²) >= 11 is 1.39. The Morgan fingerprint density at radius 2 is 2.09 bits per heavy atom. The molecule has 2 rings (SSSR count). The molecule has 0 aliphatic heterocycles. The zero-order valence-corrected chi connectivity index (χ0v) is 14.0. The Kier molecular flexibility index (Phi) is 5.38. The van der Waals surface area contributed by atoms with Gasteiger partial charge in [0.25, 0.3) is 0 Å². The summed E-state index contributed by atoms with van der Waals surface area (Å²) in [6, 6.07) is 5.54. The van der Waals surface area contributed by atoms with E-state index in [-0.39, 0.29) is 5.91 Å². The normalized spacial score (nSPS) is 10.6. The lowest BCUT2D eigenvalue weighted by Crippen LogP contribution is -2.13. The molecule has 0 saturated heterocycles. The third-order valence-electron chi connectivity index (χ3n) is 3.03. The van der Waals surface area contributed by atoms with Crippen molar-refractivity contribution in [2.24, 2.45) is 5.92 Å². The highest BCUT2D eigenvalue weighted by Crippen LogP contribution is 2.35. The summed E-state index contributed by atoms with van der Waals surface area (Å²) in [5.41, 5.74) is 1.59. The van der Waals surface area contributed by atoms with Gasteiger partial charge < -0.3 is 14.8 Å². The maximum atomic E-state index is 11.8. The van der Waals surface area contributed by atoms with Gasteiger partial charge in [0.05, 0.1) is 19.9 Å². The van der Waals surface area contributed by atoms with Gasteiger partial charge in [-0.15, -0.1) is 11.3 Å². The number of nitrogens with zero attached hydrogens (tertiary/aromatic N) is 1. The third-order valence-corrected chi connectivity index (χ3v) is 3.78. The minimum atomic E-state index is -0.0199. The van der Waals surface area contributed by atoms with Crippen molar-refractivity contribution in [2.45, 2.75) is 20.3 Å². The quantitative estimate of drug-likeness (QED) is 0.879. The summed E-state index contributed by atoms with van der Waals surface area (Å²) in [6.07, 6.45) is 0.484. The Balaban J connectivity index is 2.22. The van der Waals surface area contributed by atoms with Crippen LogP contribution in [-0.4, -0.2) is 25.1 Å². The standard InChI is InChI=1S/C16H20N2O3S/c1-10(2)7-15(19)18-16-17-13(9-22-16)12-8-11(20-3)5-6-14(12)21-4/h5-6,8-10H,7H2,1-4H3,(H,17,18,19). The second-order valence-electron chi connectivity index (χ2n) is 5.25. The van der Waals surface area contributed by atoms with E-state index < -0.39 is 0 Å². The molecule has 0 radical (unpaired) electrons. The van der Waals surface area contributed by atoms with Gasteiger partial charge in [0, 0.05) is 17.4 Å². The van der Waals surface area contributed by atoms with Crippen molar-refractivity contribution in [3.05, 3.63) is 23.6 Å². The van der Waals surface area contributed by atoms with Crippen LogP contribution in [0.15, 0.2) is 23.6 Å². The van der Waals surface area contributed by atoms with E-state index in [9.17, 15) is 4.79 Å². The molecule has 118 valence electrons. The molecular weight excluding hydrogens is 300 g/mol. The van der Waals surface area contributed by atoms with Crippen molar-refractivity contribution in [1.82, 2.24) is 4.98 Å². The average molecular weight is 320 g/mol. The molecule has 1 N–H and O–H groups in total. The number of rotatable bonds is 6. The van der Waals surface area contributed by atoms with Crippen LogP contribution >= 0.6 is 11.3 Å². The lowest BCUT2D eigenvalue weighted by atomic mass is 10.1. The molecule has 2 aromatic rings. The largest absolute Gasteiger partial charge is 0.497 e. The monoisotopic (exact) mass is 320 g/mol. The van der Waals surface area contributed by atoms with Crippen LogP contribution < -0.4 is 14.8 Å². The Morgan fingerprint density at radius 1 is 1.32 bits per heavy atom. The smallest absolute Gasteiger partial charge is 0.226 e. The SMILES string of the molecule is COc1ccc(OC)c(-c2csc(NC(=O)CC(C)C)n2)c1. The van der Waals surface area contributed by atoms with Crippen LogP contribution in [-0.2, 0) is 4.79 Å². The predicted molar refractivity (Wildman–Crippen MR) is 88.7 cm³/mol. The maximum Gasteiger partial charge on any atom is 0.226 e. The fourth-order valence-corrected chi connectivity index (χ4v) is 2.74. The number of aromatic nitrogens is 1. The van der Waals surface area contributed by atoms with Crippen LogP contribution in [0.5, 0.6) is 11.5 Å². The van der Waals surface area contributed by atoms with Crippen molar-refractivity contribution in [1.29, 1.82) is 0 Å². The molecule has 1 amide bonds. The first-order valence-corrected chi connectivity index (χ1v) is 7.89. The fourth-order valence-electron chi connectivity index (χ4n) is 2.01. The molecule has 1 heterocycles. The first kappa shape index (κ1) is 16.3. The van der Waals surface area contributed by atoms with E-state index in [1.807, 2.05) is 37.4 Å². The number of amides is 1. The van der Waals surface area contributed by atoms with Crippen molar-refractivity contribution in [3.8, 4) is 22.8 Å². The zero-order valence-electron chi connectivity index (χ0n) is 13.2. The van der Waals surface area contributed by atoms with Crippen molar-refractivity contribution in [2.75, 3.05) is 19.5 Å². The summed E-state index contributed by atoms with van der Waals surface area (Å²) in [4.78, 5) is 16.3. The molecule has 0 spiro atoms. The van der Waals surface area contributed by atoms with Gasteiger partial charge in [0.15, 0.2) is 5.13 Å². The van der Waals surface area contributed by atoms with E-state index in [0.717, 1.165) is 17.0 Å². The van der Waals surface area contributed by atoms with Gasteiger partial charge >= 0.3 is 0 Å². The molecule has 6 heteroatoms. The van der Waals surface area contributed by atoms with Gasteiger partial charge in [0.2, 0.25) is 5.91 Å². The molecule has 22 heavy (non-hydrogen) atoms. The molecule has 0 atom stereocenters. The highest BCUT2D eigenvalue weighted by Gasteiger charge is 2.13. The summed E-state index contributed by atoms with van der Waals surface area (Å²) in [7, 11) is 3.23. The second kappa shape index (κ2) is 7.26. The number of benzene rings is 1. The third kappa shape index (κ3) is 3.98. The average Bonchev–Trinajstić information content (AvgIpc) is 2.93. The number of carbonyl (C=O) groups is 1. The van der Waals surface area contributed by atoms with Crippen LogP contribution in [0, 0.1) is 5.92 Å². The van der Waals surface area contributed by atoms with Gasteiger partial charge in [0.1, 0.15) is 11.5 Å². The van der Waals surface area contributed by atoms with Gasteiger partial charge in [-0.2, -0.15) is 0 Å². The zero-order chi connectivity index (χ0) is 16.1. The van der Waals surface area contributed by atoms with E-state index in [1.54, 1.807) is 14.2 Å². The van der Waals surface area contributed by atoms with Crippen molar-refractivity contribution < 1.29 is 14.3 Å². The van der Waals surface area contributed by atoms with Crippen LogP contribution in [0.2, 0.25) is 0 Å². The molecule has 0 aliphatic carbocycles. The second-order valence-corrected chi connectivity index (χ2v) is 6.11. The first-order valence-electron chi connectivity index (χ1n) is 7.01. The van der Waals surface area contributed by atoms with E-state index in [4.69, 9.17) is 9.47 Å². The topological polar surface area (TPSA) is 60.5 Å². The van der Waals surface area contributed by atoms with Crippen LogP contribution in [0.1, 0.15) is 20.3 Å². The van der Waals surface area contributed by atoms with E-state index in [0.29, 0.717) is 23.2 Å². The van der Waals surface area contributed by atoms with Crippen LogP contribution in [0.4, 0.5) is 5.13 Å². The van der Waals surface area contributed by atoms with Crippen LogP contribution in [0.25, 0.3) is 11.3 Å². The van der Waals surface area contributed by atoms with Crippen LogP contribution in [0.3, 0.4) is 0 Å². The number of carbonyl (C=O) groups excluding carboxylic acids is 1. The van der Waals surface area contributed by atoms with Gasteiger partial charge in [-0.3, -0.25) is 4.79 Å². The fraction of sp³-hybridized carbons (Fsp3) is 0.375. The van der Waals surface area contributed by atoms with E-state index >= 15 is 0 Å². The summed E-state index contributed by atoms with van der Waals surface area (Å²) in [5, 5.41) is 5.31. The van der Waals surface area contributed by atoms with Crippen molar-refractivity contribution in [3.63, 3.8) is 0 Å². The molecule has 0 aliphatic rings. The van der Waals surface area contributed by atoms with Gasteiger partial charge in [-0.25, -0.2) is 4.98 Å². The number of methoxy groups -OCH3 is 2. The minimum absolute atomic E-state index is 0.0199. The molecule has 5 nitrogen and oxygen atoms in total. The molecule has 1 aromatic heterocycles. The van der Waals surface area contributed by atoms with E-state index in [1.165, 1.54) is 11.3 Å². The van der Waals surface area contributed by atoms with E-state index in [2.05, 4.69) is 10.3 Å². The Labute approximate surface area is 134 Å². The number of hydrogen-bond acceptors (Lipinski definition) is 5. The summed E-state index contributed by atoms with van der Waals surface area (Å²) in [6.45, 7) is 4.02. The Morgan fingerprint density at radius 3 is 2.73 bits per heavy atom. The number of anilines is 1. The molecular formula is C16H20N2O3S. The molecule has 0 saturated carbocycles. The maximum absolute atomic E-state index is 11.8. The minimum Gasteiger partial charge on any atom is -0.497 e. The summed E-state index contributed by atoms with van der Waals surface area (Å²) in [5.74, 6) is 1.74. The number of thiazole rings is 1. The molecule has 1 aromatic carbocycles. The molecule has 0 unspecified atom stereocenters. The Hall–Kier alpha value is -2.08. The number of nitrogens with one attached hydrogen (secondary N) is 1. The predicted octanol–water partition coefficient (Wildman–Crippen LogP) is 3.81. The van der Waals surface area contributed by atoms with Gasteiger partial charge in [-0.05, 0) is 24.1 Å². The summed E-state index contributed by atoms with van der Waals surface area (Å²) < 4.78 is 10.6. The lowest BCUT2D eigenvalue weighted by molar-refractivity contribution is -0.116. The Bertz CT molecular complexity index is 653. The number of ether oxygens (including phenoxy) is 2. The lowest BCUT2D eigenvalue weighted by Gasteiger charge is -2.08. The highest BCUT2D eigenvalue weighted by molar-refractivity contribution is 7.14. The van der Waals surface area contributed by atoms with Crippen molar-refractivity contribution >= 4 is 22.4 Å². The van der Waals surface area contributed by atoms with Gasteiger partial charge in [-0.1, -0.05) is 13.8 Å². The molecule has 0 fully saturated rings.